The molecular weight excluding hydrogens is 316 g/mol. The number of rotatable bonds is 5. The fourth-order valence-corrected chi connectivity index (χ4v) is 3.21. The maximum Gasteiger partial charge on any atom is 0.325 e. The van der Waals surface area contributed by atoms with E-state index in [1.807, 2.05) is 24.3 Å². The normalized spacial score (nSPS) is 21.5. The topological polar surface area (TPSA) is 52.7 Å². The van der Waals surface area contributed by atoms with Gasteiger partial charge in [-0.2, -0.15) is 0 Å². The zero-order valence-electron chi connectivity index (χ0n) is 13.4. The van der Waals surface area contributed by atoms with Crippen LogP contribution in [-0.2, 0) is 11.3 Å². The average molecular weight is 337 g/mol. The lowest BCUT2D eigenvalue weighted by atomic mass is 10.1. The zero-order chi connectivity index (χ0) is 17.1. The third kappa shape index (κ3) is 3.66. The molecule has 0 aromatic heterocycles. The van der Waals surface area contributed by atoms with Gasteiger partial charge in [-0.1, -0.05) is 12.1 Å². The number of carbonyl (C=O) groups is 2. The van der Waals surface area contributed by atoms with Gasteiger partial charge in [-0.3, -0.25) is 9.69 Å². The highest BCUT2D eigenvalue weighted by Crippen LogP contribution is 2.22. The molecule has 0 bridgehead atoms. The van der Waals surface area contributed by atoms with Gasteiger partial charge in [0.1, 0.15) is 6.04 Å². The zero-order valence-corrected chi connectivity index (χ0v) is 13.4. The number of carbonyl (C=O) groups excluding carboxylic acids is 2. The molecule has 1 aromatic rings. The number of halogens is 2. The lowest BCUT2D eigenvalue weighted by Gasteiger charge is -2.29. The molecule has 0 saturated carbocycles. The summed E-state index contributed by atoms with van der Waals surface area (Å²) < 4.78 is 24.9. The van der Waals surface area contributed by atoms with E-state index < -0.39 is 30.8 Å². The van der Waals surface area contributed by atoms with E-state index in [4.69, 9.17) is 0 Å². The first-order chi connectivity index (χ1) is 11.5. The van der Waals surface area contributed by atoms with Gasteiger partial charge in [0.05, 0.1) is 6.54 Å². The van der Waals surface area contributed by atoms with Gasteiger partial charge in [0.2, 0.25) is 6.43 Å². The molecule has 0 radical (unpaired) electrons. The first-order valence-electron chi connectivity index (χ1n) is 8.28. The largest absolute Gasteiger partial charge is 0.372 e. The van der Waals surface area contributed by atoms with Crippen molar-refractivity contribution in [1.82, 2.24) is 10.2 Å². The van der Waals surface area contributed by atoms with E-state index in [0.29, 0.717) is 0 Å². The smallest absolute Gasteiger partial charge is 0.325 e. The van der Waals surface area contributed by atoms with Crippen molar-refractivity contribution in [3.8, 4) is 0 Å². The third-order valence-corrected chi connectivity index (χ3v) is 4.52. The van der Waals surface area contributed by atoms with Crippen LogP contribution >= 0.6 is 0 Å². The van der Waals surface area contributed by atoms with E-state index in [9.17, 15) is 18.4 Å². The Labute approximate surface area is 139 Å². The number of hydrogen-bond donors (Lipinski definition) is 1. The standard InChI is InChI=1S/C17H21F2N3O2/c18-15(19)10-14-16(23)22(17(24)20-14)11-12-4-6-13(7-5-12)21-8-2-1-3-9-21/h4-7,14-15H,1-3,8-11H2,(H,20,24)/t14-/m1/s1. The predicted molar refractivity (Wildman–Crippen MR) is 86.0 cm³/mol. The van der Waals surface area contributed by atoms with Gasteiger partial charge in [-0.05, 0) is 37.0 Å². The molecule has 0 unspecified atom stereocenters. The van der Waals surface area contributed by atoms with E-state index >= 15 is 0 Å². The first kappa shape index (κ1) is 16.7. The van der Waals surface area contributed by atoms with Crippen LogP contribution in [0.15, 0.2) is 24.3 Å². The van der Waals surface area contributed by atoms with Crippen LogP contribution in [0.2, 0.25) is 0 Å². The molecule has 3 rings (SSSR count). The second kappa shape index (κ2) is 7.15. The van der Waals surface area contributed by atoms with Gasteiger partial charge in [-0.15, -0.1) is 0 Å². The van der Waals surface area contributed by atoms with Gasteiger partial charge in [0, 0.05) is 25.2 Å². The number of benzene rings is 1. The minimum atomic E-state index is -2.62. The lowest BCUT2D eigenvalue weighted by molar-refractivity contribution is -0.128. The van der Waals surface area contributed by atoms with E-state index in [-0.39, 0.29) is 6.54 Å². The van der Waals surface area contributed by atoms with Crippen LogP contribution in [0.25, 0.3) is 0 Å². The molecule has 24 heavy (non-hydrogen) atoms. The number of urea groups is 1. The first-order valence-corrected chi connectivity index (χ1v) is 8.28. The van der Waals surface area contributed by atoms with Gasteiger partial charge in [-0.25, -0.2) is 13.6 Å². The number of nitrogens with zero attached hydrogens (tertiary/aromatic N) is 2. The molecule has 2 fully saturated rings. The Morgan fingerprint density at radius 2 is 1.75 bits per heavy atom. The molecule has 3 amide bonds. The van der Waals surface area contributed by atoms with Crippen molar-refractivity contribution in [3.63, 3.8) is 0 Å². The highest BCUT2D eigenvalue weighted by atomic mass is 19.3. The second-order valence-electron chi connectivity index (χ2n) is 6.27. The van der Waals surface area contributed by atoms with Crippen molar-refractivity contribution in [3.05, 3.63) is 29.8 Å². The van der Waals surface area contributed by atoms with Crippen LogP contribution in [0, 0.1) is 0 Å². The maximum absolute atomic E-state index is 12.4. The van der Waals surface area contributed by atoms with Crippen LogP contribution in [0.5, 0.6) is 0 Å². The van der Waals surface area contributed by atoms with Crippen LogP contribution < -0.4 is 10.2 Å². The van der Waals surface area contributed by atoms with E-state index in [0.717, 1.165) is 29.2 Å². The number of anilines is 1. The number of alkyl halides is 2. The van der Waals surface area contributed by atoms with E-state index in [1.54, 1.807) is 0 Å². The SMILES string of the molecule is O=C1N[C@H](CC(F)F)C(=O)N1Cc1ccc(N2CCCCC2)cc1. The van der Waals surface area contributed by atoms with Crippen molar-refractivity contribution in [1.29, 1.82) is 0 Å². The third-order valence-electron chi connectivity index (χ3n) is 4.52. The number of hydrogen-bond acceptors (Lipinski definition) is 3. The van der Waals surface area contributed by atoms with Crippen molar-refractivity contribution < 1.29 is 18.4 Å². The molecule has 2 heterocycles. The summed E-state index contributed by atoms with van der Waals surface area (Å²) in [6.45, 7) is 2.19. The quantitative estimate of drug-likeness (QED) is 0.841. The lowest BCUT2D eigenvalue weighted by Crippen LogP contribution is -2.32. The fourth-order valence-electron chi connectivity index (χ4n) is 3.21. The monoisotopic (exact) mass is 337 g/mol. The highest BCUT2D eigenvalue weighted by Gasteiger charge is 2.39. The van der Waals surface area contributed by atoms with Crippen LogP contribution in [0.4, 0.5) is 19.3 Å². The highest BCUT2D eigenvalue weighted by molar-refractivity contribution is 6.04. The summed E-state index contributed by atoms with van der Waals surface area (Å²) >= 11 is 0. The Bertz CT molecular complexity index is 600. The van der Waals surface area contributed by atoms with Crippen molar-refractivity contribution in [2.45, 2.75) is 44.7 Å². The Morgan fingerprint density at radius 1 is 1.08 bits per heavy atom. The van der Waals surface area contributed by atoms with Crippen molar-refractivity contribution in [2.75, 3.05) is 18.0 Å². The molecule has 1 N–H and O–H groups in total. The van der Waals surface area contributed by atoms with Gasteiger partial charge in [0.25, 0.3) is 5.91 Å². The number of amides is 3. The summed E-state index contributed by atoms with van der Waals surface area (Å²) in [5.74, 6) is -0.583. The number of piperidine rings is 1. The average Bonchev–Trinajstić information content (AvgIpc) is 2.83. The minimum Gasteiger partial charge on any atom is -0.372 e. The molecule has 7 heteroatoms. The Kier molecular flexibility index (Phi) is 4.97. The molecular formula is C17H21F2N3O2. The van der Waals surface area contributed by atoms with Crippen molar-refractivity contribution in [2.24, 2.45) is 0 Å². The fraction of sp³-hybridized carbons (Fsp3) is 0.529. The second-order valence-corrected chi connectivity index (χ2v) is 6.27. The van der Waals surface area contributed by atoms with E-state index in [1.165, 1.54) is 19.3 Å². The predicted octanol–water partition coefficient (Wildman–Crippen LogP) is 2.75. The molecule has 2 aliphatic heterocycles. The van der Waals surface area contributed by atoms with Crippen LogP contribution in [0.1, 0.15) is 31.2 Å². The Morgan fingerprint density at radius 3 is 2.38 bits per heavy atom. The summed E-state index contributed by atoms with van der Waals surface area (Å²) in [6.07, 6.45) is 0.379. The Hall–Kier alpha value is -2.18. The number of nitrogens with one attached hydrogen (secondary N) is 1. The molecule has 0 spiro atoms. The molecule has 5 nitrogen and oxygen atoms in total. The van der Waals surface area contributed by atoms with Gasteiger partial charge < -0.3 is 10.2 Å². The molecule has 2 aliphatic rings. The summed E-state index contributed by atoms with van der Waals surface area (Å²) in [6, 6.07) is 6.00. The summed E-state index contributed by atoms with van der Waals surface area (Å²) in [5, 5.41) is 2.32. The molecule has 0 aliphatic carbocycles. The van der Waals surface area contributed by atoms with E-state index in [2.05, 4.69) is 10.2 Å². The maximum atomic E-state index is 12.4. The van der Waals surface area contributed by atoms with Gasteiger partial charge >= 0.3 is 6.03 Å². The summed E-state index contributed by atoms with van der Waals surface area (Å²) in [7, 11) is 0. The van der Waals surface area contributed by atoms with Crippen molar-refractivity contribution >= 4 is 17.6 Å². The number of imide groups is 1. The summed E-state index contributed by atoms with van der Waals surface area (Å²) in [4.78, 5) is 27.2. The molecule has 130 valence electrons. The minimum absolute atomic E-state index is 0.102. The summed E-state index contributed by atoms with van der Waals surface area (Å²) in [5.41, 5.74) is 1.93. The van der Waals surface area contributed by atoms with Crippen LogP contribution in [-0.4, -0.2) is 42.4 Å². The Balaban J connectivity index is 1.63. The van der Waals surface area contributed by atoms with Crippen LogP contribution in [0.3, 0.4) is 0 Å². The van der Waals surface area contributed by atoms with Gasteiger partial charge in [0.15, 0.2) is 0 Å². The molecule has 2 saturated heterocycles. The molecule has 1 atom stereocenters. The molecule has 1 aromatic carbocycles.